The number of carbonyl (C=O) groups is 1. The van der Waals surface area contributed by atoms with Gasteiger partial charge in [-0.3, -0.25) is 4.79 Å². The number of aromatic nitrogens is 2. The summed E-state index contributed by atoms with van der Waals surface area (Å²) < 4.78 is 4.96. The smallest absolute Gasteiger partial charge is 0.248 e. The molecule has 3 N–H and O–H groups in total. The van der Waals surface area contributed by atoms with E-state index in [9.17, 15) is 4.79 Å². The van der Waals surface area contributed by atoms with E-state index in [0.717, 1.165) is 0 Å². The zero-order valence-corrected chi connectivity index (χ0v) is 8.86. The lowest BCUT2D eigenvalue weighted by molar-refractivity contribution is -0.119. The van der Waals surface area contributed by atoms with Gasteiger partial charge in [0.15, 0.2) is 5.69 Å². The van der Waals surface area contributed by atoms with E-state index >= 15 is 0 Å². The van der Waals surface area contributed by atoms with Gasteiger partial charge in [-0.1, -0.05) is 5.92 Å². The number of nitrogens with zero attached hydrogens (tertiary/aromatic N) is 2. The van der Waals surface area contributed by atoms with Crippen LogP contribution < -0.4 is 15.8 Å². The van der Waals surface area contributed by atoms with Crippen LogP contribution in [-0.4, -0.2) is 36.1 Å². The number of nitrogens with two attached hydrogens (primary N) is 1. The van der Waals surface area contributed by atoms with E-state index in [1.807, 2.05) is 0 Å². The quantitative estimate of drug-likeness (QED) is 0.632. The summed E-state index contributed by atoms with van der Waals surface area (Å²) in [4.78, 5) is 18.7. The maximum absolute atomic E-state index is 10.8. The lowest BCUT2D eigenvalue weighted by atomic mass is 10.4. The van der Waals surface area contributed by atoms with Gasteiger partial charge in [0.25, 0.3) is 0 Å². The highest BCUT2D eigenvalue weighted by atomic mass is 16.5. The van der Waals surface area contributed by atoms with Gasteiger partial charge in [0, 0.05) is 12.4 Å². The molecule has 6 heteroatoms. The normalized spacial score (nSPS) is 8.88. The Hall–Kier alpha value is -2.13. The average Bonchev–Trinajstić information content (AvgIpc) is 2.34. The van der Waals surface area contributed by atoms with Crippen molar-refractivity contribution in [2.45, 2.75) is 0 Å². The molecule has 0 aromatic carbocycles. The van der Waals surface area contributed by atoms with Crippen molar-refractivity contribution in [3.63, 3.8) is 0 Å². The van der Waals surface area contributed by atoms with Crippen LogP contribution in [0.3, 0.4) is 0 Å². The number of methoxy groups -OCH3 is 1. The molecule has 1 amide bonds. The molecule has 84 valence electrons. The molecule has 0 radical (unpaired) electrons. The molecule has 0 spiro atoms. The van der Waals surface area contributed by atoms with Gasteiger partial charge in [-0.25, -0.2) is 9.97 Å². The number of hydrogen-bond acceptors (Lipinski definition) is 5. The van der Waals surface area contributed by atoms with Crippen molar-refractivity contribution in [1.82, 2.24) is 15.3 Å². The summed E-state index contributed by atoms with van der Waals surface area (Å²) in [6, 6.07) is 0. The molecule has 0 unspecified atom stereocenters. The summed E-state index contributed by atoms with van der Waals surface area (Å²) in [6.45, 7) is 0.173. The average molecular weight is 220 g/mol. The fourth-order valence-electron chi connectivity index (χ4n) is 0.903. The minimum absolute atomic E-state index is 0.0455. The minimum Gasteiger partial charge on any atom is -0.479 e. The van der Waals surface area contributed by atoms with Crippen molar-refractivity contribution >= 4 is 5.91 Å². The van der Waals surface area contributed by atoms with Gasteiger partial charge < -0.3 is 15.8 Å². The highest BCUT2D eigenvalue weighted by Gasteiger charge is 2.00. The predicted molar refractivity (Wildman–Crippen MR) is 57.5 cm³/mol. The molecule has 1 aromatic rings. The number of amides is 1. The fraction of sp³-hybridized carbons (Fsp3) is 0.300. The predicted octanol–water partition coefficient (Wildman–Crippen LogP) is -1.09. The number of carbonyl (C=O) groups excluding carboxylic acids is 1. The van der Waals surface area contributed by atoms with Gasteiger partial charge >= 0.3 is 0 Å². The fourth-order valence-corrected chi connectivity index (χ4v) is 0.903. The van der Waals surface area contributed by atoms with E-state index in [0.29, 0.717) is 11.6 Å². The van der Waals surface area contributed by atoms with Gasteiger partial charge in [0.2, 0.25) is 11.8 Å². The van der Waals surface area contributed by atoms with Crippen molar-refractivity contribution in [3.05, 3.63) is 18.1 Å². The Bertz CT molecular complexity index is 422. The Morgan fingerprint density at radius 2 is 2.31 bits per heavy atom. The largest absolute Gasteiger partial charge is 0.479 e. The molecule has 0 aliphatic rings. The first-order chi connectivity index (χ1) is 7.77. The van der Waals surface area contributed by atoms with Gasteiger partial charge in [0.1, 0.15) is 0 Å². The molecule has 0 bridgehead atoms. The van der Waals surface area contributed by atoms with Gasteiger partial charge in [-0.05, 0) is 5.92 Å². The Balaban J connectivity index is 2.59. The second kappa shape index (κ2) is 6.37. The number of rotatable bonds is 3. The summed E-state index contributed by atoms with van der Waals surface area (Å²) in [5, 5.41) is 2.51. The highest BCUT2D eigenvalue weighted by molar-refractivity contribution is 5.77. The third-order valence-corrected chi connectivity index (χ3v) is 1.62. The van der Waals surface area contributed by atoms with Crippen LogP contribution in [0.1, 0.15) is 5.69 Å². The molecule has 0 saturated carbocycles. The topological polar surface area (TPSA) is 90.1 Å². The molecule has 0 aliphatic heterocycles. The molecular weight excluding hydrogens is 208 g/mol. The third kappa shape index (κ3) is 3.55. The van der Waals surface area contributed by atoms with Crippen LogP contribution in [-0.2, 0) is 4.79 Å². The molecule has 1 rings (SSSR count). The third-order valence-electron chi connectivity index (χ3n) is 1.62. The molecule has 0 saturated heterocycles. The first-order valence-electron chi connectivity index (χ1n) is 4.58. The number of nitrogens with one attached hydrogen (secondary N) is 1. The minimum atomic E-state index is -0.250. The van der Waals surface area contributed by atoms with E-state index < -0.39 is 0 Å². The van der Waals surface area contributed by atoms with E-state index in [-0.39, 0.29) is 19.0 Å². The Kier molecular flexibility index (Phi) is 4.76. The molecule has 0 atom stereocenters. The Morgan fingerprint density at radius 1 is 1.56 bits per heavy atom. The molecule has 0 aliphatic carbocycles. The van der Waals surface area contributed by atoms with Crippen LogP contribution in [0.5, 0.6) is 5.88 Å². The maximum atomic E-state index is 10.8. The summed E-state index contributed by atoms with van der Waals surface area (Å²) in [6.07, 6.45) is 3.03. The summed E-state index contributed by atoms with van der Waals surface area (Å²) >= 11 is 0. The molecule has 1 aromatic heterocycles. The number of hydrogen-bond donors (Lipinski definition) is 2. The zero-order valence-electron chi connectivity index (χ0n) is 8.86. The van der Waals surface area contributed by atoms with Gasteiger partial charge in [0.05, 0.1) is 20.2 Å². The monoisotopic (exact) mass is 220 g/mol. The lowest BCUT2D eigenvalue weighted by Crippen LogP contribution is -2.30. The molecular formula is C10H12N4O2. The first kappa shape index (κ1) is 11.9. The zero-order chi connectivity index (χ0) is 11.8. The lowest BCUT2D eigenvalue weighted by Gasteiger charge is -1.98. The Labute approximate surface area is 93.2 Å². The van der Waals surface area contributed by atoms with Crippen LogP contribution in [0.25, 0.3) is 0 Å². The SMILES string of the molecule is COc1nccnc1C#CCNC(=O)CN. The van der Waals surface area contributed by atoms with Crippen molar-refractivity contribution < 1.29 is 9.53 Å². The van der Waals surface area contributed by atoms with Crippen molar-refractivity contribution in [1.29, 1.82) is 0 Å². The maximum Gasteiger partial charge on any atom is 0.248 e. The van der Waals surface area contributed by atoms with E-state index in [1.165, 1.54) is 19.5 Å². The van der Waals surface area contributed by atoms with Crippen LogP contribution >= 0.6 is 0 Å². The second-order valence-corrected chi connectivity index (χ2v) is 2.70. The summed E-state index contributed by atoms with van der Waals surface area (Å²) in [5.41, 5.74) is 5.55. The van der Waals surface area contributed by atoms with Gasteiger partial charge in [-0.2, -0.15) is 0 Å². The highest BCUT2D eigenvalue weighted by Crippen LogP contribution is 2.07. The molecule has 0 fully saturated rings. The van der Waals surface area contributed by atoms with Crippen LogP contribution in [0.15, 0.2) is 12.4 Å². The van der Waals surface area contributed by atoms with E-state index in [1.54, 1.807) is 0 Å². The molecule has 6 nitrogen and oxygen atoms in total. The van der Waals surface area contributed by atoms with E-state index in [2.05, 4.69) is 27.1 Å². The van der Waals surface area contributed by atoms with Crippen LogP contribution in [0, 0.1) is 11.8 Å². The van der Waals surface area contributed by atoms with Crippen molar-refractivity contribution in [2.24, 2.45) is 5.73 Å². The first-order valence-corrected chi connectivity index (χ1v) is 4.58. The summed E-state index contributed by atoms with van der Waals surface area (Å²) in [5.74, 6) is 5.57. The molecule has 16 heavy (non-hydrogen) atoms. The van der Waals surface area contributed by atoms with Crippen LogP contribution in [0.4, 0.5) is 0 Å². The van der Waals surface area contributed by atoms with Crippen molar-refractivity contribution in [2.75, 3.05) is 20.2 Å². The standard InChI is InChI=1S/C10H12N4O2/c1-16-10-8(12-5-6-14-10)3-2-4-13-9(15)7-11/h5-6H,4,7,11H2,1H3,(H,13,15). The Morgan fingerprint density at radius 3 is 3.00 bits per heavy atom. The van der Waals surface area contributed by atoms with Gasteiger partial charge in [-0.15, -0.1) is 0 Å². The number of ether oxygens (including phenoxy) is 1. The molecule has 1 heterocycles. The van der Waals surface area contributed by atoms with E-state index in [4.69, 9.17) is 10.5 Å². The van der Waals surface area contributed by atoms with Crippen molar-refractivity contribution in [3.8, 4) is 17.7 Å². The van der Waals surface area contributed by atoms with Crippen LogP contribution in [0.2, 0.25) is 0 Å². The summed E-state index contributed by atoms with van der Waals surface area (Å²) in [7, 11) is 1.49. The second-order valence-electron chi connectivity index (χ2n) is 2.70.